The second kappa shape index (κ2) is 3.76. The van der Waals surface area contributed by atoms with Gasteiger partial charge < -0.3 is 0 Å². The van der Waals surface area contributed by atoms with Gasteiger partial charge in [-0.05, 0) is 60.8 Å². The van der Waals surface area contributed by atoms with Gasteiger partial charge in [0.05, 0.1) is 0 Å². The predicted octanol–water partition coefficient (Wildman–Crippen LogP) is 4.00. The first-order chi connectivity index (χ1) is 6.70. The summed E-state index contributed by atoms with van der Waals surface area (Å²) < 4.78 is 0. The van der Waals surface area contributed by atoms with Crippen molar-refractivity contribution < 1.29 is 0 Å². The van der Waals surface area contributed by atoms with Crippen molar-refractivity contribution in [1.82, 2.24) is 0 Å². The van der Waals surface area contributed by atoms with Gasteiger partial charge in [-0.15, -0.1) is 0 Å². The average molecular weight is 188 g/mol. The minimum absolute atomic E-state index is 0.683. The average Bonchev–Trinajstić information content (AvgIpc) is 2.17. The molecule has 1 aromatic carbocycles. The van der Waals surface area contributed by atoms with Crippen LogP contribution in [0, 0.1) is 6.92 Å². The highest BCUT2D eigenvalue weighted by molar-refractivity contribution is 5.43. The first kappa shape index (κ1) is 9.76. The smallest absolute Gasteiger partial charge is 0.0213 e. The van der Waals surface area contributed by atoms with Crippen LogP contribution in [0.4, 0.5) is 0 Å². The van der Waals surface area contributed by atoms with E-state index in [1.54, 1.807) is 16.7 Å². The summed E-state index contributed by atoms with van der Waals surface area (Å²) >= 11 is 0. The van der Waals surface area contributed by atoms with Crippen LogP contribution in [0.1, 0.15) is 54.9 Å². The third-order valence-corrected chi connectivity index (χ3v) is 3.37. The summed E-state index contributed by atoms with van der Waals surface area (Å²) in [7, 11) is 0. The molecule has 0 fully saturated rings. The van der Waals surface area contributed by atoms with E-state index in [0.29, 0.717) is 5.92 Å². The molecule has 0 unspecified atom stereocenters. The van der Waals surface area contributed by atoms with Crippen LogP contribution in [-0.2, 0) is 12.8 Å². The molecule has 0 bridgehead atoms. The summed E-state index contributed by atoms with van der Waals surface area (Å²) in [5.41, 5.74) is 6.40. The Morgan fingerprint density at radius 3 is 2.50 bits per heavy atom. The third kappa shape index (κ3) is 1.58. The number of hydrogen-bond acceptors (Lipinski definition) is 0. The molecule has 0 aromatic heterocycles. The highest BCUT2D eigenvalue weighted by Crippen LogP contribution is 2.31. The second-order valence-corrected chi connectivity index (χ2v) is 4.80. The lowest BCUT2D eigenvalue weighted by Crippen LogP contribution is -2.09. The summed E-state index contributed by atoms with van der Waals surface area (Å²) in [6.45, 7) is 6.89. The maximum Gasteiger partial charge on any atom is -0.0213 e. The Labute approximate surface area is 87.3 Å². The van der Waals surface area contributed by atoms with Crippen molar-refractivity contribution in [2.75, 3.05) is 0 Å². The maximum absolute atomic E-state index is 2.34. The Morgan fingerprint density at radius 2 is 1.79 bits per heavy atom. The molecule has 0 saturated heterocycles. The monoisotopic (exact) mass is 188 g/mol. The van der Waals surface area contributed by atoms with Crippen LogP contribution in [0.15, 0.2) is 12.1 Å². The van der Waals surface area contributed by atoms with Gasteiger partial charge in [0.15, 0.2) is 0 Å². The largest absolute Gasteiger partial charge is 0.0587 e. The van der Waals surface area contributed by atoms with E-state index in [0.717, 1.165) is 0 Å². The minimum atomic E-state index is 0.683. The van der Waals surface area contributed by atoms with Crippen molar-refractivity contribution in [2.24, 2.45) is 0 Å². The van der Waals surface area contributed by atoms with Gasteiger partial charge in [-0.25, -0.2) is 0 Å². The van der Waals surface area contributed by atoms with Gasteiger partial charge in [-0.3, -0.25) is 0 Å². The van der Waals surface area contributed by atoms with E-state index in [1.807, 2.05) is 0 Å². The van der Waals surface area contributed by atoms with Crippen molar-refractivity contribution >= 4 is 0 Å². The number of fused-ring (bicyclic) bond motifs is 1. The number of hydrogen-bond donors (Lipinski definition) is 0. The van der Waals surface area contributed by atoms with E-state index < -0.39 is 0 Å². The molecule has 1 aromatic rings. The molecule has 0 heteroatoms. The molecule has 0 amide bonds. The molecule has 0 saturated carbocycles. The normalized spacial score (nSPS) is 15.7. The van der Waals surface area contributed by atoms with Crippen molar-refractivity contribution in [2.45, 2.75) is 52.4 Å². The highest BCUT2D eigenvalue weighted by atomic mass is 14.2. The van der Waals surface area contributed by atoms with E-state index >= 15 is 0 Å². The molecule has 1 aliphatic rings. The molecule has 0 spiro atoms. The van der Waals surface area contributed by atoms with Crippen LogP contribution >= 0.6 is 0 Å². The van der Waals surface area contributed by atoms with Crippen molar-refractivity contribution in [3.63, 3.8) is 0 Å². The summed E-state index contributed by atoms with van der Waals surface area (Å²) in [4.78, 5) is 0. The molecular weight excluding hydrogens is 168 g/mol. The van der Waals surface area contributed by atoms with Crippen molar-refractivity contribution in [3.05, 3.63) is 34.4 Å². The lowest BCUT2D eigenvalue weighted by atomic mass is 9.82. The molecule has 0 heterocycles. The second-order valence-electron chi connectivity index (χ2n) is 4.80. The summed E-state index contributed by atoms with van der Waals surface area (Å²) in [6, 6.07) is 4.65. The zero-order valence-corrected chi connectivity index (χ0v) is 9.56. The molecule has 14 heavy (non-hydrogen) atoms. The molecule has 0 nitrogen and oxygen atoms in total. The molecule has 0 atom stereocenters. The van der Waals surface area contributed by atoms with Gasteiger partial charge in [0, 0.05) is 0 Å². The molecule has 76 valence electrons. The maximum atomic E-state index is 2.34. The van der Waals surface area contributed by atoms with Crippen LogP contribution in [0.3, 0.4) is 0 Å². The Morgan fingerprint density at radius 1 is 1.07 bits per heavy atom. The zero-order valence-electron chi connectivity index (χ0n) is 9.56. The lowest BCUT2D eigenvalue weighted by molar-refractivity contribution is 0.668. The minimum Gasteiger partial charge on any atom is -0.0587 e. The zero-order chi connectivity index (χ0) is 10.1. The van der Waals surface area contributed by atoms with Gasteiger partial charge >= 0.3 is 0 Å². The van der Waals surface area contributed by atoms with Gasteiger partial charge in [0.1, 0.15) is 0 Å². The van der Waals surface area contributed by atoms with Crippen LogP contribution in [0.25, 0.3) is 0 Å². The molecule has 0 radical (unpaired) electrons. The molecule has 0 N–H and O–H groups in total. The Kier molecular flexibility index (Phi) is 2.62. The van der Waals surface area contributed by atoms with Crippen LogP contribution in [-0.4, -0.2) is 0 Å². The van der Waals surface area contributed by atoms with Gasteiger partial charge in [-0.1, -0.05) is 26.0 Å². The van der Waals surface area contributed by atoms with E-state index in [2.05, 4.69) is 32.9 Å². The Balaban J connectivity index is 2.55. The van der Waals surface area contributed by atoms with Crippen molar-refractivity contribution in [1.29, 1.82) is 0 Å². The van der Waals surface area contributed by atoms with Gasteiger partial charge in [0.2, 0.25) is 0 Å². The van der Waals surface area contributed by atoms with E-state index in [1.165, 1.54) is 31.2 Å². The summed E-state index contributed by atoms with van der Waals surface area (Å²) in [5.74, 6) is 0.683. The van der Waals surface area contributed by atoms with Crippen molar-refractivity contribution in [3.8, 4) is 0 Å². The fourth-order valence-electron chi connectivity index (χ4n) is 2.78. The predicted molar refractivity (Wildman–Crippen MR) is 61.9 cm³/mol. The summed E-state index contributed by atoms with van der Waals surface area (Å²) in [5, 5.41) is 0. The van der Waals surface area contributed by atoms with Gasteiger partial charge in [-0.2, -0.15) is 0 Å². The fraction of sp³-hybridized carbons (Fsp3) is 0.571. The van der Waals surface area contributed by atoms with Crippen LogP contribution in [0.5, 0.6) is 0 Å². The van der Waals surface area contributed by atoms with Gasteiger partial charge in [0.25, 0.3) is 0 Å². The quantitative estimate of drug-likeness (QED) is 0.625. The molecule has 2 rings (SSSR count). The molecular formula is C14H20. The number of aryl methyl sites for hydroxylation is 2. The van der Waals surface area contributed by atoms with Crippen LogP contribution < -0.4 is 0 Å². The lowest BCUT2D eigenvalue weighted by Gasteiger charge is -2.23. The van der Waals surface area contributed by atoms with E-state index in [9.17, 15) is 0 Å². The van der Waals surface area contributed by atoms with Crippen LogP contribution in [0.2, 0.25) is 0 Å². The molecule has 0 aliphatic heterocycles. The molecule has 1 aliphatic carbocycles. The first-order valence-corrected chi connectivity index (χ1v) is 5.81. The van der Waals surface area contributed by atoms with E-state index in [-0.39, 0.29) is 0 Å². The fourth-order valence-corrected chi connectivity index (χ4v) is 2.78. The first-order valence-electron chi connectivity index (χ1n) is 5.81. The highest BCUT2D eigenvalue weighted by Gasteiger charge is 2.16. The SMILES string of the molecule is Cc1ccc2c(c1C(C)C)CCCC2. The third-order valence-electron chi connectivity index (χ3n) is 3.37. The standard InChI is InChI=1S/C14H20/c1-10(2)14-11(3)8-9-12-6-4-5-7-13(12)14/h8-10H,4-7H2,1-3H3. The number of rotatable bonds is 1. The van der Waals surface area contributed by atoms with E-state index in [4.69, 9.17) is 0 Å². The topological polar surface area (TPSA) is 0 Å². The summed E-state index contributed by atoms with van der Waals surface area (Å²) in [6.07, 6.45) is 5.38. The number of benzene rings is 1. The Hall–Kier alpha value is -0.780. The Bertz CT molecular complexity index is 334.